The minimum atomic E-state index is 0.137. The summed E-state index contributed by atoms with van der Waals surface area (Å²) in [6.45, 7) is 8.94. The molecule has 0 spiro atoms. The van der Waals surface area contributed by atoms with Gasteiger partial charge in [0.15, 0.2) is 0 Å². The molecule has 2 unspecified atom stereocenters. The van der Waals surface area contributed by atoms with E-state index in [1.807, 2.05) is 11.8 Å². The average molecular weight is 185 g/mol. The summed E-state index contributed by atoms with van der Waals surface area (Å²) in [4.78, 5) is 13.4. The maximum atomic E-state index is 11.5. The molecule has 3 nitrogen and oxygen atoms in total. The van der Waals surface area contributed by atoms with Gasteiger partial charge in [-0.05, 0) is 18.8 Å². The van der Waals surface area contributed by atoms with E-state index in [-0.39, 0.29) is 12.5 Å². The summed E-state index contributed by atoms with van der Waals surface area (Å²) in [6.07, 6.45) is 0. The van der Waals surface area contributed by atoms with Crippen molar-refractivity contribution < 1.29 is 9.53 Å². The second-order valence-corrected chi connectivity index (χ2v) is 3.89. The average Bonchev–Trinajstić information content (AvgIpc) is 2.43. The van der Waals surface area contributed by atoms with Crippen molar-refractivity contribution in [2.24, 2.45) is 11.8 Å². The smallest absolute Gasteiger partial charge is 0.248 e. The summed E-state index contributed by atoms with van der Waals surface area (Å²) in [7, 11) is 0. The molecule has 0 radical (unpaired) electrons. The summed E-state index contributed by atoms with van der Waals surface area (Å²) >= 11 is 0. The van der Waals surface area contributed by atoms with E-state index in [2.05, 4.69) is 13.8 Å². The molecule has 0 N–H and O–H groups in total. The number of hydrogen-bond donors (Lipinski definition) is 0. The Balaban J connectivity index is 2.33. The van der Waals surface area contributed by atoms with Crippen LogP contribution in [0, 0.1) is 11.8 Å². The topological polar surface area (TPSA) is 29.5 Å². The van der Waals surface area contributed by atoms with E-state index in [4.69, 9.17) is 4.74 Å². The number of amides is 1. The number of rotatable bonds is 3. The normalized spacial score (nSPS) is 28.1. The fourth-order valence-electron chi connectivity index (χ4n) is 1.61. The van der Waals surface area contributed by atoms with Crippen LogP contribution in [0.2, 0.25) is 0 Å². The lowest BCUT2D eigenvalue weighted by atomic mass is 10.0. The molecule has 2 atom stereocenters. The molecule has 1 saturated heterocycles. The van der Waals surface area contributed by atoms with Crippen molar-refractivity contribution in [1.29, 1.82) is 0 Å². The predicted molar refractivity (Wildman–Crippen MR) is 51.4 cm³/mol. The standard InChI is InChI=1S/C10H19NO2/c1-4-13-7-10(12)11-5-8(2)9(3)6-11/h8-9H,4-7H2,1-3H3. The summed E-state index contributed by atoms with van der Waals surface area (Å²) < 4.78 is 5.09. The second-order valence-electron chi connectivity index (χ2n) is 3.89. The highest BCUT2D eigenvalue weighted by Gasteiger charge is 2.28. The molecule has 1 fully saturated rings. The second kappa shape index (κ2) is 4.61. The maximum Gasteiger partial charge on any atom is 0.248 e. The molecule has 13 heavy (non-hydrogen) atoms. The predicted octanol–water partition coefficient (Wildman–Crippen LogP) is 1.14. The van der Waals surface area contributed by atoms with Crippen LogP contribution in [0.4, 0.5) is 0 Å². The van der Waals surface area contributed by atoms with Crippen molar-refractivity contribution in [2.45, 2.75) is 20.8 Å². The number of hydrogen-bond acceptors (Lipinski definition) is 2. The van der Waals surface area contributed by atoms with Gasteiger partial charge in [0, 0.05) is 19.7 Å². The van der Waals surface area contributed by atoms with Crippen LogP contribution in [0.3, 0.4) is 0 Å². The minimum absolute atomic E-state index is 0.137. The molecule has 76 valence electrons. The molecular formula is C10H19NO2. The zero-order chi connectivity index (χ0) is 9.84. The summed E-state index contributed by atoms with van der Waals surface area (Å²) in [5.41, 5.74) is 0. The van der Waals surface area contributed by atoms with Crippen LogP contribution in [-0.2, 0) is 9.53 Å². The van der Waals surface area contributed by atoms with Gasteiger partial charge in [0.05, 0.1) is 0 Å². The Morgan fingerprint density at radius 3 is 2.38 bits per heavy atom. The first-order valence-electron chi connectivity index (χ1n) is 5.00. The quantitative estimate of drug-likeness (QED) is 0.660. The molecule has 1 heterocycles. The van der Waals surface area contributed by atoms with Gasteiger partial charge in [-0.2, -0.15) is 0 Å². The van der Waals surface area contributed by atoms with Gasteiger partial charge in [-0.25, -0.2) is 0 Å². The Bertz CT molecular complexity index is 172. The van der Waals surface area contributed by atoms with Crippen molar-refractivity contribution in [2.75, 3.05) is 26.3 Å². The molecule has 0 aromatic heterocycles. The van der Waals surface area contributed by atoms with Crippen LogP contribution >= 0.6 is 0 Å². The lowest BCUT2D eigenvalue weighted by molar-refractivity contribution is -0.135. The molecular weight excluding hydrogens is 166 g/mol. The fraction of sp³-hybridized carbons (Fsp3) is 0.900. The Hall–Kier alpha value is -0.570. The van der Waals surface area contributed by atoms with Gasteiger partial charge in [-0.1, -0.05) is 13.8 Å². The van der Waals surface area contributed by atoms with Crippen LogP contribution in [0.25, 0.3) is 0 Å². The third-order valence-corrected chi connectivity index (χ3v) is 2.77. The van der Waals surface area contributed by atoms with Crippen LogP contribution in [0.1, 0.15) is 20.8 Å². The molecule has 0 aromatic rings. The third kappa shape index (κ3) is 2.69. The summed E-state index contributed by atoms with van der Waals surface area (Å²) in [5, 5.41) is 0. The molecule has 1 aliphatic heterocycles. The Kier molecular flexibility index (Phi) is 3.72. The SMILES string of the molecule is CCOCC(=O)N1CC(C)C(C)C1. The van der Waals surface area contributed by atoms with E-state index in [0.29, 0.717) is 18.4 Å². The molecule has 0 aliphatic carbocycles. The van der Waals surface area contributed by atoms with E-state index in [0.717, 1.165) is 13.1 Å². The summed E-state index contributed by atoms with van der Waals surface area (Å²) in [5.74, 6) is 1.40. The van der Waals surface area contributed by atoms with Gasteiger partial charge >= 0.3 is 0 Å². The number of likely N-dealkylation sites (tertiary alicyclic amines) is 1. The third-order valence-electron chi connectivity index (χ3n) is 2.77. The highest BCUT2D eigenvalue weighted by molar-refractivity contribution is 5.77. The van der Waals surface area contributed by atoms with Crippen molar-refractivity contribution in [3.63, 3.8) is 0 Å². The van der Waals surface area contributed by atoms with E-state index in [9.17, 15) is 4.79 Å². The minimum Gasteiger partial charge on any atom is -0.372 e. The van der Waals surface area contributed by atoms with Gasteiger partial charge in [0.1, 0.15) is 6.61 Å². The number of carbonyl (C=O) groups excluding carboxylic acids is 1. The first-order chi connectivity index (χ1) is 6.15. The van der Waals surface area contributed by atoms with Crippen LogP contribution in [-0.4, -0.2) is 37.1 Å². The molecule has 0 aromatic carbocycles. The van der Waals surface area contributed by atoms with E-state index < -0.39 is 0 Å². The van der Waals surface area contributed by atoms with Crippen molar-refractivity contribution in [1.82, 2.24) is 4.90 Å². The number of nitrogens with zero attached hydrogens (tertiary/aromatic N) is 1. The van der Waals surface area contributed by atoms with Gasteiger partial charge in [-0.3, -0.25) is 4.79 Å². The van der Waals surface area contributed by atoms with E-state index >= 15 is 0 Å². The first kappa shape index (κ1) is 10.5. The summed E-state index contributed by atoms with van der Waals surface area (Å²) in [6, 6.07) is 0. The van der Waals surface area contributed by atoms with E-state index in [1.165, 1.54) is 0 Å². The van der Waals surface area contributed by atoms with Gasteiger partial charge < -0.3 is 9.64 Å². The molecule has 1 aliphatic rings. The molecule has 1 amide bonds. The number of ether oxygens (including phenoxy) is 1. The highest BCUT2D eigenvalue weighted by atomic mass is 16.5. The Labute approximate surface area is 80.1 Å². The molecule has 1 rings (SSSR count). The zero-order valence-electron chi connectivity index (χ0n) is 8.75. The maximum absolute atomic E-state index is 11.5. The van der Waals surface area contributed by atoms with Crippen LogP contribution < -0.4 is 0 Å². The van der Waals surface area contributed by atoms with Gasteiger partial charge in [-0.15, -0.1) is 0 Å². The Morgan fingerprint density at radius 2 is 1.92 bits per heavy atom. The Morgan fingerprint density at radius 1 is 1.38 bits per heavy atom. The zero-order valence-corrected chi connectivity index (χ0v) is 8.75. The number of carbonyl (C=O) groups is 1. The largest absolute Gasteiger partial charge is 0.372 e. The molecule has 0 saturated carbocycles. The first-order valence-corrected chi connectivity index (χ1v) is 5.00. The van der Waals surface area contributed by atoms with Crippen LogP contribution in [0.15, 0.2) is 0 Å². The van der Waals surface area contributed by atoms with Gasteiger partial charge in [0.25, 0.3) is 0 Å². The monoisotopic (exact) mass is 185 g/mol. The molecule has 3 heteroatoms. The lowest BCUT2D eigenvalue weighted by Gasteiger charge is -2.15. The highest BCUT2D eigenvalue weighted by Crippen LogP contribution is 2.21. The lowest BCUT2D eigenvalue weighted by Crippen LogP contribution is -2.32. The van der Waals surface area contributed by atoms with Gasteiger partial charge in [0.2, 0.25) is 5.91 Å². The van der Waals surface area contributed by atoms with Crippen molar-refractivity contribution in [3.8, 4) is 0 Å². The fourth-order valence-corrected chi connectivity index (χ4v) is 1.61. The van der Waals surface area contributed by atoms with Crippen LogP contribution in [0.5, 0.6) is 0 Å². The molecule has 0 bridgehead atoms. The van der Waals surface area contributed by atoms with Crippen molar-refractivity contribution in [3.05, 3.63) is 0 Å². The van der Waals surface area contributed by atoms with E-state index in [1.54, 1.807) is 0 Å². The van der Waals surface area contributed by atoms with Crippen molar-refractivity contribution >= 4 is 5.91 Å².